The summed E-state index contributed by atoms with van der Waals surface area (Å²) in [5.74, 6) is -0.238. The summed E-state index contributed by atoms with van der Waals surface area (Å²) in [5, 5.41) is 7.65. The highest BCUT2D eigenvalue weighted by Gasteiger charge is 2.02. The van der Waals surface area contributed by atoms with Crippen molar-refractivity contribution in [3.8, 4) is 5.69 Å². The van der Waals surface area contributed by atoms with E-state index in [1.165, 1.54) is 17.7 Å². The van der Waals surface area contributed by atoms with E-state index >= 15 is 0 Å². The first-order chi connectivity index (χ1) is 9.29. The lowest BCUT2D eigenvalue weighted by atomic mass is 10.2. The second-order valence-electron chi connectivity index (χ2n) is 4.63. The molecule has 3 nitrogen and oxygen atoms in total. The molecule has 4 heteroatoms. The van der Waals surface area contributed by atoms with E-state index in [-0.39, 0.29) is 5.82 Å². The van der Waals surface area contributed by atoms with Gasteiger partial charge in [0.25, 0.3) is 0 Å². The van der Waals surface area contributed by atoms with Gasteiger partial charge in [-0.25, -0.2) is 9.07 Å². The van der Waals surface area contributed by atoms with Crippen molar-refractivity contribution in [2.75, 3.05) is 13.1 Å². The maximum atomic E-state index is 13.1. The van der Waals surface area contributed by atoms with E-state index < -0.39 is 0 Å². The van der Waals surface area contributed by atoms with E-state index in [9.17, 15) is 4.39 Å². The zero-order valence-electron chi connectivity index (χ0n) is 11.3. The van der Waals surface area contributed by atoms with E-state index in [0.29, 0.717) is 0 Å². The van der Waals surface area contributed by atoms with Crippen molar-refractivity contribution in [1.29, 1.82) is 0 Å². The predicted molar refractivity (Wildman–Crippen MR) is 75.0 cm³/mol. The standard InChI is InChI=1S/C15H20FN3/c1-2-8-17-9-4-5-13-11-18-19(12-13)15-7-3-6-14(16)10-15/h3,6-7,10-12,17H,2,4-5,8-9H2,1H3. The first kappa shape index (κ1) is 13.7. The molecule has 0 radical (unpaired) electrons. The molecule has 0 aliphatic rings. The maximum Gasteiger partial charge on any atom is 0.125 e. The van der Waals surface area contributed by atoms with Gasteiger partial charge in [0.15, 0.2) is 0 Å². The van der Waals surface area contributed by atoms with Crippen molar-refractivity contribution in [2.45, 2.75) is 26.2 Å². The third kappa shape index (κ3) is 4.17. The number of aromatic nitrogens is 2. The largest absolute Gasteiger partial charge is 0.317 e. The van der Waals surface area contributed by atoms with Crippen molar-refractivity contribution in [3.05, 3.63) is 48.0 Å². The lowest BCUT2D eigenvalue weighted by Gasteiger charge is -2.01. The second kappa shape index (κ2) is 7.04. The van der Waals surface area contributed by atoms with E-state index in [1.807, 2.05) is 18.5 Å². The molecule has 0 atom stereocenters. The van der Waals surface area contributed by atoms with Crippen LogP contribution in [0.5, 0.6) is 0 Å². The number of benzene rings is 1. The molecule has 1 aromatic heterocycles. The predicted octanol–water partition coefficient (Wildman–Crippen LogP) is 2.94. The molecule has 1 N–H and O–H groups in total. The summed E-state index contributed by atoms with van der Waals surface area (Å²) in [6, 6.07) is 6.47. The van der Waals surface area contributed by atoms with Crippen LogP contribution in [0.2, 0.25) is 0 Å². The topological polar surface area (TPSA) is 29.9 Å². The summed E-state index contributed by atoms with van der Waals surface area (Å²) >= 11 is 0. The molecule has 1 aromatic carbocycles. The van der Waals surface area contributed by atoms with Gasteiger partial charge < -0.3 is 5.32 Å². The Balaban J connectivity index is 1.88. The van der Waals surface area contributed by atoms with Gasteiger partial charge in [0.2, 0.25) is 0 Å². The number of hydrogen-bond acceptors (Lipinski definition) is 2. The van der Waals surface area contributed by atoms with Crippen molar-refractivity contribution in [3.63, 3.8) is 0 Å². The van der Waals surface area contributed by atoms with Crippen molar-refractivity contribution >= 4 is 0 Å². The zero-order chi connectivity index (χ0) is 13.5. The average molecular weight is 261 g/mol. The molecular formula is C15H20FN3. The van der Waals surface area contributed by atoms with Crippen molar-refractivity contribution < 1.29 is 4.39 Å². The summed E-state index contributed by atoms with van der Waals surface area (Å²) in [7, 11) is 0. The molecule has 0 saturated heterocycles. The van der Waals surface area contributed by atoms with Crippen LogP contribution in [-0.2, 0) is 6.42 Å². The lowest BCUT2D eigenvalue weighted by Crippen LogP contribution is -2.16. The number of nitrogens with zero attached hydrogens (tertiary/aromatic N) is 2. The Kier molecular flexibility index (Phi) is 5.10. The molecule has 102 valence electrons. The van der Waals surface area contributed by atoms with Gasteiger partial charge in [0.1, 0.15) is 5.82 Å². The summed E-state index contributed by atoms with van der Waals surface area (Å²) in [6.07, 6.45) is 7.07. The molecule has 0 saturated carbocycles. The first-order valence-corrected chi connectivity index (χ1v) is 6.80. The quantitative estimate of drug-likeness (QED) is 0.777. The number of hydrogen-bond donors (Lipinski definition) is 1. The minimum absolute atomic E-state index is 0.238. The van der Waals surface area contributed by atoms with Crippen LogP contribution >= 0.6 is 0 Å². The van der Waals surface area contributed by atoms with Crippen LogP contribution in [0.4, 0.5) is 4.39 Å². The number of nitrogens with one attached hydrogen (secondary N) is 1. The molecular weight excluding hydrogens is 241 g/mol. The highest BCUT2D eigenvalue weighted by Crippen LogP contribution is 2.10. The summed E-state index contributed by atoms with van der Waals surface area (Å²) < 4.78 is 14.9. The van der Waals surface area contributed by atoms with Crippen molar-refractivity contribution in [1.82, 2.24) is 15.1 Å². The summed E-state index contributed by atoms with van der Waals surface area (Å²) in [4.78, 5) is 0. The van der Waals surface area contributed by atoms with Crippen LogP contribution in [-0.4, -0.2) is 22.9 Å². The Morgan fingerprint density at radius 2 is 2.21 bits per heavy atom. The Bertz CT molecular complexity index is 508. The summed E-state index contributed by atoms with van der Waals surface area (Å²) in [5.41, 5.74) is 1.94. The molecule has 0 spiro atoms. The monoisotopic (exact) mass is 261 g/mol. The molecule has 2 aromatic rings. The fourth-order valence-corrected chi connectivity index (χ4v) is 1.97. The van der Waals surface area contributed by atoms with E-state index in [1.54, 1.807) is 10.7 Å². The minimum Gasteiger partial charge on any atom is -0.317 e. The van der Waals surface area contributed by atoms with Crippen LogP contribution in [0.15, 0.2) is 36.7 Å². The van der Waals surface area contributed by atoms with Gasteiger partial charge in [0, 0.05) is 6.20 Å². The highest BCUT2D eigenvalue weighted by molar-refractivity contribution is 5.31. The molecule has 0 fully saturated rings. The third-order valence-corrected chi connectivity index (χ3v) is 2.95. The van der Waals surface area contributed by atoms with Gasteiger partial charge in [-0.15, -0.1) is 0 Å². The number of halogens is 1. The van der Waals surface area contributed by atoms with Gasteiger partial charge in [-0.05, 0) is 56.1 Å². The smallest absolute Gasteiger partial charge is 0.125 e. The SMILES string of the molecule is CCCNCCCc1cnn(-c2cccc(F)c2)c1. The van der Waals surface area contributed by atoms with Crippen LogP contribution in [0.1, 0.15) is 25.3 Å². The number of rotatable bonds is 7. The van der Waals surface area contributed by atoms with Crippen molar-refractivity contribution in [2.24, 2.45) is 0 Å². The lowest BCUT2D eigenvalue weighted by molar-refractivity contribution is 0.625. The van der Waals surface area contributed by atoms with E-state index in [4.69, 9.17) is 0 Å². The second-order valence-corrected chi connectivity index (χ2v) is 4.63. The Morgan fingerprint density at radius 1 is 1.32 bits per heavy atom. The van der Waals surface area contributed by atoms with Crippen LogP contribution < -0.4 is 5.32 Å². The van der Waals surface area contributed by atoms with Crippen LogP contribution in [0.25, 0.3) is 5.69 Å². The molecule has 0 bridgehead atoms. The fourth-order valence-electron chi connectivity index (χ4n) is 1.97. The normalized spacial score (nSPS) is 10.8. The highest BCUT2D eigenvalue weighted by atomic mass is 19.1. The molecule has 19 heavy (non-hydrogen) atoms. The molecule has 0 amide bonds. The molecule has 0 unspecified atom stereocenters. The van der Waals surface area contributed by atoms with E-state index in [2.05, 4.69) is 17.3 Å². The van der Waals surface area contributed by atoms with Gasteiger partial charge in [-0.3, -0.25) is 0 Å². The molecule has 1 heterocycles. The average Bonchev–Trinajstić information content (AvgIpc) is 2.87. The van der Waals surface area contributed by atoms with Gasteiger partial charge in [-0.1, -0.05) is 13.0 Å². The zero-order valence-corrected chi connectivity index (χ0v) is 11.3. The Hall–Kier alpha value is -1.68. The third-order valence-electron chi connectivity index (χ3n) is 2.95. The Labute approximate surface area is 113 Å². The molecule has 0 aliphatic carbocycles. The number of aryl methyl sites for hydroxylation is 1. The van der Waals surface area contributed by atoms with Crippen LogP contribution in [0, 0.1) is 5.82 Å². The van der Waals surface area contributed by atoms with Gasteiger partial charge >= 0.3 is 0 Å². The van der Waals surface area contributed by atoms with Crippen LogP contribution in [0.3, 0.4) is 0 Å². The fraction of sp³-hybridized carbons (Fsp3) is 0.400. The first-order valence-electron chi connectivity index (χ1n) is 6.80. The molecule has 2 rings (SSSR count). The summed E-state index contributed by atoms with van der Waals surface area (Å²) in [6.45, 7) is 4.26. The minimum atomic E-state index is -0.238. The Morgan fingerprint density at radius 3 is 3.00 bits per heavy atom. The van der Waals surface area contributed by atoms with E-state index in [0.717, 1.165) is 38.0 Å². The molecule has 0 aliphatic heterocycles. The van der Waals surface area contributed by atoms with Gasteiger partial charge in [0.05, 0.1) is 11.9 Å². The van der Waals surface area contributed by atoms with Gasteiger partial charge in [-0.2, -0.15) is 5.10 Å². The maximum absolute atomic E-state index is 13.1.